The number of hydrogen-bond donors (Lipinski definition) is 0. The van der Waals surface area contributed by atoms with Crippen LogP contribution in [-0.4, -0.2) is 0 Å². The van der Waals surface area contributed by atoms with Gasteiger partial charge in [0.05, 0.1) is 0 Å². The van der Waals surface area contributed by atoms with Crippen molar-refractivity contribution in [3.05, 3.63) is 48.0 Å². The van der Waals surface area contributed by atoms with Crippen LogP contribution in [0.25, 0.3) is 20.2 Å². The van der Waals surface area contributed by atoms with Crippen molar-refractivity contribution in [1.29, 1.82) is 0 Å². The van der Waals surface area contributed by atoms with Gasteiger partial charge in [-0.1, -0.05) is 43.8 Å². The van der Waals surface area contributed by atoms with E-state index in [1.54, 1.807) is 0 Å². The van der Waals surface area contributed by atoms with Gasteiger partial charge in [0.1, 0.15) is 0 Å². The summed E-state index contributed by atoms with van der Waals surface area (Å²) in [6.45, 7) is 2.18. The van der Waals surface area contributed by atoms with Crippen LogP contribution in [0.2, 0.25) is 0 Å². The van der Waals surface area contributed by atoms with Gasteiger partial charge >= 0.3 is 0 Å². The molecule has 3 aromatic rings. The van der Waals surface area contributed by atoms with Crippen LogP contribution in [0.15, 0.2) is 42.5 Å². The lowest BCUT2D eigenvalue weighted by Gasteiger charge is -1.93. The molecule has 0 saturated carbocycles. The first-order valence-electron chi connectivity index (χ1n) is 4.73. The number of rotatable bonds is 0. The number of fused-ring (bicyclic) bond motifs is 3. The highest BCUT2D eigenvalue weighted by Crippen LogP contribution is 2.35. The molecule has 3 rings (SSSR count). The molecular formula is C14H14S. The summed E-state index contributed by atoms with van der Waals surface area (Å²) in [6.07, 6.45) is 0. The molecule has 0 atom stereocenters. The fourth-order valence-electron chi connectivity index (χ4n) is 1.89. The molecule has 0 spiro atoms. The number of hydrogen-bond acceptors (Lipinski definition) is 1. The molecule has 0 aliphatic carbocycles. The molecule has 15 heavy (non-hydrogen) atoms. The quantitative estimate of drug-likeness (QED) is 0.494. The highest BCUT2D eigenvalue weighted by atomic mass is 32.1. The van der Waals surface area contributed by atoms with E-state index in [0.717, 1.165) is 0 Å². The lowest BCUT2D eigenvalue weighted by molar-refractivity contribution is 1.56. The zero-order chi connectivity index (χ0) is 9.54. The van der Waals surface area contributed by atoms with Gasteiger partial charge in [0.2, 0.25) is 0 Å². The van der Waals surface area contributed by atoms with Crippen molar-refractivity contribution in [1.82, 2.24) is 0 Å². The molecule has 0 nitrogen and oxygen atoms in total. The summed E-state index contributed by atoms with van der Waals surface area (Å²) in [5.74, 6) is 0. The SMILES string of the molecule is C.Cc1cccc2c1sc1ccccc12. The first kappa shape index (κ1) is 10.2. The van der Waals surface area contributed by atoms with E-state index in [4.69, 9.17) is 0 Å². The van der Waals surface area contributed by atoms with Crippen molar-refractivity contribution in [2.24, 2.45) is 0 Å². The number of aryl methyl sites for hydroxylation is 1. The standard InChI is InChI=1S/C13H10S.CH4/c1-9-5-4-7-11-10-6-2-3-8-12(10)14-13(9)11;/h2-8H,1H3;1H4. The van der Waals surface area contributed by atoms with Crippen LogP contribution in [0.4, 0.5) is 0 Å². The van der Waals surface area contributed by atoms with Crippen LogP contribution in [-0.2, 0) is 0 Å². The summed E-state index contributed by atoms with van der Waals surface area (Å²) < 4.78 is 2.81. The molecule has 76 valence electrons. The van der Waals surface area contributed by atoms with Crippen LogP contribution in [0, 0.1) is 6.92 Å². The third-order valence-corrected chi connectivity index (χ3v) is 3.92. The van der Waals surface area contributed by atoms with Crippen LogP contribution >= 0.6 is 11.3 Å². The summed E-state index contributed by atoms with van der Waals surface area (Å²) >= 11 is 1.89. The minimum Gasteiger partial charge on any atom is -0.135 e. The maximum Gasteiger partial charge on any atom is 0.0384 e. The van der Waals surface area contributed by atoms with Crippen molar-refractivity contribution in [2.75, 3.05) is 0 Å². The summed E-state index contributed by atoms with van der Waals surface area (Å²) in [7, 11) is 0. The topological polar surface area (TPSA) is 0 Å². The Morgan fingerprint density at radius 3 is 2.47 bits per heavy atom. The Hall–Kier alpha value is -1.34. The maximum atomic E-state index is 2.21. The summed E-state index contributed by atoms with van der Waals surface area (Å²) in [5, 5.41) is 2.78. The van der Waals surface area contributed by atoms with Gasteiger partial charge < -0.3 is 0 Å². The second-order valence-corrected chi connectivity index (χ2v) is 4.60. The van der Waals surface area contributed by atoms with E-state index in [1.807, 2.05) is 11.3 Å². The molecule has 0 amide bonds. The van der Waals surface area contributed by atoms with Gasteiger partial charge in [-0.15, -0.1) is 11.3 Å². The van der Waals surface area contributed by atoms with Gasteiger partial charge in [0, 0.05) is 20.2 Å². The monoisotopic (exact) mass is 214 g/mol. The highest BCUT2D eigenvalue weighted by molar-refractivity contribution is 7.26. The van der Waals surface area contributed by atoms with E-state index in [-0.39, 0.29) is 7.43 Å². The fraction of sp³-hybridized carbons (Fsp3) is 0.143. The predicted octanol–water partition coefficient (Wildman–Crippen LogP) is 5.00. The van der Waals surface area contributed by atoms with Gasteiger partial charge in [-0.05, 0) is 18.6 Å². The second-order valence-electron chi connectivity index (χ2n) is 3.55. The van der Waals surface area contributed by atoms with Crippen LogP contribution in [0.5, 0.6) is 0 Å². The van der Waals surface area contributed by atoms with Crippen molar-refractivity contribution in [3.8, 4) is 0 Å². The Balaban J connectivity index is 0.000000853. The second kappa shape index (κ2) is 3.67. The molecule has 0 bridgehead atoms. The lowest BCUT2D eigenvalue weighted by Crippen LogP contribution is -1.69. The molecule has 1 aromatic heterocycles. The summed E-state index contributed by atoms with van der Waals surface area (Å²) in [6, 6.07) is 15.1. The Kier molecular flexibility index (Phi) is 2.49. The first-order valence-corrected chi connectivity index (χ1v) is 5.55. The molecule has 0 N–H and O–H groups in total. The van der Waals surface area contributed by atoms with Crippen LogP contribution in [0.1, 0.15) is 13.0 Å². The Morgan fingerprint density at radius 1 is 0.867 bits per heavy atom. The molecule has 0 saturated heterocycles. The number of thiophene rings is 1. The van der Waals surface area contributed by atoms with Crippen molar-refractivity contribution >= 4 is 31.5 Å². The van der Waals surface area contributed by atoms with E-state index in [1.165, 1.54) is 25.7 Å². The normalized spacial score (nSPS) is 10.5. The van der Waals surface area contributed by atoms with Gasteiger partial charge in [0.15, 0.2) is 0 Å². The average Bonchev–Trinajstić information content (AvgIpc) is 2.59. The molecule has 0 radical (unpaired) electrons. The molecule has 0 fully saturated rings. The molecule has 0 aliphatic rings. The Labute approximate surface area is 94.2 Å². The maximum absolute atomic E-state index is 2.21. The zero-order valence-electron chi connectivity index (χ0n) is 7.95. The lowest BCUT2D eigenvalue weighted by atomic mass is 10.1. The van der Waals surface area contributed by atoms with Crippen molar-refractivity contribution in [2.45, 2.75) is 14.4 Å². The Bertz CT molecular complexity index is 605. The van der Waals surface area contributed by atoms with Gasteiger partial charge in [-0.2, -0.15) is 0 Å². The minimum atomic E-state index is 0. The zero-order valence-corrected chi connectivity index (χ0v) is 8.77. The summed E-state index contributed by atoms with van der Waals surface area (Å²) in [5.41, 5.74) is 1.38. The third-order valence-electron chi connectivity index (χ3n) is 2.60. The molecular weight excluding hydrogens is 200 g/mol. The van der Waals surface area contributed by atoms with Crippen molar-refractivity contribution in [3.63, 3.8) is 0 Å². The van der Waals surface area contributed by atoms with Gasteiger partial charge in [-0.3, -0.25) is 0 Å². The fourth-order valence-corrected chi connectivity index (χ4v) is 3.06. The van der Waals surface area contributed by atoms with E-state index in [2.05, 4.69) is 49.4 Å². The van der Waals surface area contributed by atoms with Crippen LogP contribution < -0.4 is 0 Å². The molecule has 0 aliphatic heterocycles. The largest absolute Gasteiger partial charge is 0.135 e. The van der Waals surface area contributed by atoms with Crippen molar-refractivity contribution < 1.29 is 0 Å². The molecule has 1 heteroatoms. The summed E-state index contributed by atoms with van der Waals surface area (Å²) in [4.78, 5) is 0. The Morgan fingerprint density at radius 2 is 1.60 bits per heavy atom. The minimum absolute atomic E-state index is 0. The van der Waals surface area contributed by atoms with E-state index < -0.39 is 0 Å². The number of benzene rings is 2. The van der Waals surface area contributed by atoms with E-state index in [0.29, 0.717) is 0 Å². The van der Waals surface area contributed by atoms with E-state index >= 15 is 0 Å². The molecule has 1 heterocycles. The average molecular weight is 214 g/mol. The predicted molar refractivity (Wildman–Crippen MR) is 70.8 cm³/mol. The third kappa shape index (κ3) is 1.44. The molecule has 2 aromatic carbocycles. The van der Waals surface area contributed by atoms with Crippen LogP contribution in [0.3, 0.4) is 0 Å². The first-order chi connectivity index (χ1) is 6.86. The highest BCUT2D eigenvalue weighted by Gasteiger charge is 2.04. The molecule has 0 unspecified atom stereocenters. The van der Waals surface area contributed by atoms with Gasteiger partial charge in [0.25, 0.3) is 0 Å². The van der Waals surface area contributed by atoms with Gasteiger partial charge in [-0.25, -0.2) is 0 Å². The van der Waals surface area contributed by atoms with E-state index in [9.17, 15) is 0 Å². The smallest absolute Gasteiger partial charge is 0.0384 e.